The van der Waals surface area contributed by atoms with E-state index in [1.807, 2.05) is 49.4 Å². The van der Waals surface area contributed by atoms with Gasteiger partial charge >= 0.3 is 0 Å². The van der Waals surface area contributed by atoms with Crippen LogP contribution < -0.4 is 9.64 Å². The molecule has 0 aliphatic carbocycles. The predicted molar refractivity (Wildman–Crippen MR) is 119 cm³/mol. The first kappa shape index (κ1) is 18.9. The Kier molecular flexibility index (Phi) is 5.71. The summed E-state index contributed by atoms with van der Waals surface area (Å²) in [5.74, 6) is 2.55. The zero-order valence-electron chi connectivity index (χ0n) is 16.9. The fourth-order valence-electron chi connectivity index (χ4n) is 3.44. The minimum Gasteiger partial charge on any atom is -0.494 e. The zero-order chi connectivity index (χ0) is 20.1. The molecule has 0 atom stereocenters. The van der Waals surface area contributed by atoms with Crippen molar-refractivity contribution in [3.8, 4) is 17.1 Å². The third-order valence-corrected chi connectivity index (χ3v) is 4.90. The molecule has 0 radical (unpaired) electrons. The molecule has 1 heterocycles. The van der Waals surface area contributed by atoms with Crippen molar-refractivity contribution in [2.24, 2.45) is 0 Å². The van der Waals surface area contributed by atoms with E-state index in [0.717, 1.165) is 46.9 Å². The number of benzene rings is 3. The Morgan fingerprint density at radius 2 is 1.52 bits per heavy atom. The van der Waals surface area contributed by atoms with Gasteiger partial charge in [0.05, 0.1) is 12.1 Å². The van der Waals surface area contributed by atoms with E-state index in [1.165, 1.54) is 5.56 Å². The molecule has 0 aliphatic heterocycles. The number of anilines is 1. The number of hydrogen-bond donors (Lipinski definition) is 0. The van der Waals surface area contributed by atoms with E-state index in [9.17, 15) is 0 Å². The lowest BCUT2D eigenvalue weighted by Gasteiger charge is -2.24. The second-order valence-electron chi connectivity index (χ2n) is 6.85. The Hall–Kier alpha value is -3.40. The van der Waals surface area contributed by atoms with E-state index in [1.54, 1.807) is 0 Å². The summed E-state index contributed by atoms with van der Waals surface area (Å²) in [4.78, 5) is 12.1. The number of nitrogens with zero attached hydrogens (tertiary/aromatic N) is 3. The lowest BCUT2D eigenvalue weighted by atomic mass is 10.1. The fourth-order valence-corrected chi connectivity index (χ4v) is 3.44. The van der Waals surface area contributed by atoms with Gasteiger partial charge in [-0.2, -0.15) is 0 Å². The van der Waals surface area contributed by atoms with Crippen LogP contribution in [0.3, 0.4) is 0 Å². The summed E-state index contributed by atoms with van der Waals surface area (Å²) >= 11 is 0. The molecule has 0 fully saturated rings. The Bertz CT molecular complexity index is 1080. The minimum atomic E-state index is 0.654. The smallest absolute Gasteiger partial charge is 0.162 e. The third kappa shape index (κ3) is 4.21. The number of fused-ring (bicyclic) bond motifs is 1. The van der Waals surface area contributed by atoms with Gasteiger partial charge < -0.3 is 9.64 Å². The van der Waals surface area contributed by atoms with Crippen LogP contribution in [0.5, 0.6) is 5.75 Å². The lowest BCUT2D eigenvalue weighted by Crippen LogP contribution is -2.23. The van der Waals surface area contributed by atoms with Crippen LogP contribution in [0.15, 0.2) is 78.9 Å². The van der Waals surface area contributed by atoms with Crippen molar-refractivity contribution in [1.82, 2.24) is 9.97 Å². The molecule has 0 aliphatic rings. The van der Waals surface area contributed by atoms with Crippen LogP contribution in [0, 0.1) is 0 Å². The van der Waals surface area contributed by atoms with E-state index in [4.69, 9.17) is 14.7 Å². The van der Waals surface area contributed by atoms with Crippen molar-refractivity contribution in [1.29, 1.82) is 0 Å². The van der Waals surface area contributed by atoms with Gasteiger partial charge in [-0.25, -0.2) is 9.97 Å². The highest BCUT2D eigenvalue weighted by Gasteiger charge is 2.15. The molecule has 0 saturated carbocycles. The number of hydrogen-bond acceptors (Lipinski definition) is 4. The molecular weight excluding hydrogens is 358 g/mol. The van der Waals surface area contributed by atoms with E-state index in [2.05, 4.69) is 48.2 Å². The molecule has 0 unspecified atom stereocenters. The summed E-state index contributed by atoms with van der Waals surface area (Å²) in [7, 11) is 0. The maximum atomic E-state index is 5.56. The number of ether oxygens (including phenoxy) is 1. The van der Waals surface area contributed by atoms with Crippen LogP contribution in [0.25, 0.3) is 22.3 Å². The van der Waals surface area contributed by atoms with Crippen LogP contribution in [-0.4, -0.2) is 23.1 Å². The van der Waals surface area contributed by atoms with Crippen molar-refractivity contribution < 1.29 is 4.74 Å². The molecule has 4 rings (SSSR count). The molecule has 0 saturated heterocycles. The monoisotopic (exact) mass is 383 g/mol. The third-order valence-electron chi connectivity index (χ3n) is 4.90. The highest BCUT2D eigenvalue weighted by molar-refractivity contribution is 5.91. The molecule has 3 aromatic carbocycles. The van der Waals surface area contributed by atoms with Crippen LogP contribution in [0.1, 0.15) is 19.4 Å². The molecule has 29 heavy (non-hydrogen) atoms. The number of aromatic nitrogens is 2. The summed E-state index contributed by atoms with van der Waals surface area (Å²) in [5.41, 5.74) is 3.20. The van der Waals surface area contributed by atoms with Crippen molar-refractivity contribution in [3.05, 3.63) is 84.4 Å². The molecule has 146 valence electrons. The molecule has 4 aromatic rings. The highest BCUT2D eigenvalue weighted by Crippen LogP contribution is 2.29. The molecule has 0 bridgehead atoms. The summed E-state index contributed by atoms with van der Waals surface area (Å²) < 4.78 is 5.56. The maximum Gasteiger partial charge on any atom is 0.162 e. The first-order valence-corrected chi connectivity index (χ1v) is 10.1. The van der Waals surface area contributed by atoms with E-state index in [0.29, 0.717) is 6.61 Å². The second kappa shape index (κ2) is 8.74. The Labute approximate surface area is 171 Å². The Morgan fingerprint density at radius 3 is 2.24 bits per heavy atom. The minimum absolute atomic E-state index is 0.654. The second-order valence-corrected chi connectivity index (χ2v) is 6.85. The SMILES string of the molecule is CCOc1ccc(-c2nc(N(CC)Cc3ccccc3)c3ccccc3n2)cc1. The molecule has 1 aromatic heterocycles. The quantitative estimate of drug-likeness (QED) is 0.409. The molecular formula is C25H25N3O. The van der Waals surface area contributed by atoms with Crippen LogP contribution in [-0.2, 0) is 6.54 Å². The summed E-state index contributed by atoms with van der Waals surface area (Å²) in [6, 6.07) is 26.7. The summed E-state index contributed by atoms with van der Waals surface area (Å²) in [6.07, 6.45) is 0. The first-order chi connectivity index (χ1) is 14.3. The van der Waals surface area contributed by atoms with E-state index >= 15 is 0 Å². The fraction of sp³-hybridized carbons (Fsp3) is 0.200. The Balaban J connectivity index is 1.77. The van der Waals surface area contributed by atoms with Crippen molar-refractivity contribution in [2.45, 2.75) is 20.4 Å². The van der Waals surface area contributed by atoms with Gasteiger partial charge in [-0.3, -0.25) is 0 Å². The average Bonchev–Trinajstić information content (AvgIpc) is 2.78. The molecule has 0 spiro atoms. The van der Waals surface area contributed by atoms with E-state index in [-0.39, 0.29) is 0 Å². The maximum absolute atomic E-state index is 5.56. The number of para-hydroxylation sites is 1. The standard InChI is InChI=1S/C25H25N3O/c1-3-28(18-19-10-6-5-7-11-19)25-22-12-8-9-13-23(22)26-24(27-25)20-14-16-21(17-15-20)29-4-2/h5-17H,3-4,18H2,1-2H3. The van der Waals surface area contributed by atoms with Gasteiger partial charge in [0.15, 0.2) is 5.82 Å². The first-order valence-electron chi connectivity index (χ1n) is 10.1. The van der Waals surface area contributed by atoms with Gasteiger partial charge in [0.2, 0.25) is 0 Å². The van der Waals surface area contributed by atoms with Crippen LogP contribution in [0.2, 0.25) is 0 Å². The molecule has 4 nitrogen and oxygen atoms in total. The number of rotatable bonds is 7. The molecule has 4 heteroatoms. The largest absolute Gasteiger partial charge is 0.494 e. The van der Waals surface area contributed by atoms with Gasteiger partial charge in [-0.05, 0) is 55.8 Å². The summed E-state index contributed by atoms with van der Waals surface area (Å²) in [6.45, 7) is 6.47. The van der Waals surface area contributed by atoms with Crippen molar-refractivity contribution >= 4 is 16.7 Å². The van der Waals surface area contributed by atoms with Crippen LogP contribution in [0.4, 0.5) is 5.82 Å². The van der Waals surface area contributed by atoms with Gasteiger partial charge in [-0.1, -0.05) is 42.5 Å². The van der Waals surface area contributed by atoms with Gasteiger partial charge in [0.25, 0.3) is 0 Å². The molecule has 0 amide bonds. The van der Waals surface area contributed by atoms with Gasteiger partial charge in [0.1, 0.15) is 11.6 Å². The van der Waals surface area contributed by atoms with Crippen molar-refractivity contribution in [3.63, 3.8) is 0 Å². The Morgan fingerprint density at radius 1 is 0.793 bits per heavy atom. The van der Waals surface area contributed by atoms with Crippen LogP contribution >= 0.6 is 0 Å². The topological polar surface area (TPSA) is 38.2 Å². The summed E-state index contributed by atoms with van der Waals surface area (Å²) in [5, 5.41) is 1.07. The lowest BCUT2D eigenvalue weighted by molar-refractivity contribution is 0.340. The predicted octanol–water partition coefficient (Wildman–Crippen LogP) is 5.72. The zero-order valence-corrected chi connectivity index (χ0v) is 16.9. The van der Waals surface area contributed by atoms with Gasteiger partial charge in [0, 0.05) is 24.0 Å². The normalized spacial score (nSPS) is 10.8. The van der Waals surface area contributed by atoms with Gasteiger partial charge in [-0.15, -0.1) is 0 Å². The highest BCUT2D eigenvalue weighted by atomic mass is 16.5. The molecule has 0 N–H and O–H groups in total. The van der Waals surface area contributed by atoms with Crippen molar-refractivity contribution in [2.75, 3.05) is 18.1 Å². The van der Waals surface area contributed by atoms with E-state index < -0.39 is 0 Å². The average molecular weight is 383 g/mol.